The van der Waals surface area contributed by atoms with Crippen molar-refractivity contribution in [2.24, 2.45) is 0 Å². The molecular weight excluding hydrogens is 112 g/mol. The van der Waals surface area contributed by atoms with Crippen LogP contribution in [0.1, 0.15) is 0 Å². The van der Waals surface area contributed by atoms with Gasteiger partial charge in [0, 0.05) is 6.20 Å². The lowest BCUT2D eigenvalue weighted by molar-refractivity contribution is -0.571. The van der Waals surface area contributed by atoms with E-state index in [4.69, 9.17) is 0 Å². The molecule has 0 aromatic carbocycles. The van der Waals surface area contributed by atoms with Crippen LogP contribution in [0.15, 0.2) is 12.5 Å². The molecule has 0 radical (unpaired) electrons. The summed E-state index contributed by atoms with van der Waals surface area (Å²) in [7, 11) is 0. The molecule has 0 amide bonds. The number of nitrogens with one attached hydrogen (secondary N) is 1. The molecule has 1 aliphatic rings. The topological polar surface area (TPSA) is 64.4 Å². The Morgan fingerprint density at radius 2 is 2.62 bits per heavy atom. The molecule has 0 saturated heterocycles. The lowest BCUT2D eigenvalue weighted by Crippen LogP contribution is -2.29. The van der Waals surface area contributed by atoms with Crippen LogP contribution in [0.25, 0.3) is 0 Å². The van der Waals surface area contributed by atoms with E-state index in [0.29, 0.717) is 0 Å². The van der Waals surface area contributed by atoms with Crippen LogP contribution in [0.5, 0.6) is 0 Å². The quantitative estimate of drug-likeness (QED) is 0.375. The van der Waals surface area contributed by atoms with Gasteiger partial charge >= 0.3 is 6.35 Å². The third-order valence-corrected chi connectivity index (χ3v) is 0.706. The zero-order valence-corrected chi connectivity index (χ0v) is 3.90. The first-order chi connectivity index (χ1) is 3.80. The van der Waals surface area contributed by atoms with Crippen molar-refractivity contribution >= 4 is 0 Å². The Morgan fingerprint density at radius 1 is 1.88 bits per heavy atom. The molecule has 1 unspecified atom stereocenters. The van der Waals surface area contributed by atoms with E-state index >= 15 is 0 Å². The van der Waals surface area contributed by atoms with Gasteiger partial charge in [0.25, 0.3) is 0 Å². The molecule has 0 aromatic heterocycles. The van der Waals surface area contributed by atoms with E-state index in [-0.39, 0.29) is 0 Å². The van der Waals surface area contributed by atoms with Crippen molar-refractivity contribution in [3.05, 3.63) is 22.6 Å². The molecule has 44 valence electrons. The maximum Gasteiger partial charge on any atom is 0.437 e. The highest BCUT2D eigenvalue weighted by molar-refractivity contribution is 4.76. The number of nitro groups is 1. The number of rotatable bonds is 1. The number of ether oxygens (including phenoxy) is 1. The van der Waals surface area contributed by atoms with Gasteiger partial charge in [-0.2, -0.15) is 0 Å². The van der Waals surface area contributed by atoms with Gasteiger partial charge < -0.3 is 4.74 Å². The van der Waals surface area contributed by atoms with Crippen molar-refractivity contribution in [2.45, 2.75) is 6.35 Å². The Kier molecular flexibility index (Phi) is 1.03. The van der Waals surface area contributed by atoms with Crippen LogP contribution in [-0.4, -0.2) is 11.3 Å². The van der Waals surface area contributed by atoms with Crippen molar-refractivity contribution in [3.8, 4) is 0 Å². The average Bonchev–Trinajstić information content (AvgIpc) is 2.12. The lowest BCUT2D eigenvalue weighted by atomic mass is 10.9. The van der Waals surface area contributed by atoms with Gasteiger partial charge in [-0.15, -0.1) is 0 Å². The van der Waals surface area contributed by atoms with Crippen molar-refractivity contribution in [1.29, 1.82) is 0 Å². The van der Waals surface area contributed by atoms with E-state index in [2.05, 4.69) is 10.1 Å². The zero-order valence-electron chi connectivity index (χ0n) is 3.90. The standard InChI is InChI=1S/C3H4N2O3/c6-5(7)3-4-1-2-8-3/h1-4H. The summed E-state index contributed by atoms with van der Waals surface area (Å²) in [5.74, 6) is 0. The second-order valence-corrected chi connectivity index (χ2v) is 1.24. The molecule has 1 heterocycles. The van der Waals surface area contributed by atoms with Crippen molar-refractivity contribution < 1.29 is 9.66 Å². The van der Waals surface area contributed by atoms with Crippen LogP contribution in [-0.2, 0) is 4.74 Å². The van der Waals surface area contributed by atoms with Gasteiger partial charge in [0.15, 0.2) is 0 Å². The van der Waals surface area contributed by atoms with Crippen molar-refractivity contribution in [3.63, 3.8) is 0 Å². The highest BCUT2D eigenvalue weighted by atomic mass is 16.7. The maximum absolute atomic E-state index is 9.78. The molecule has 0 bridgehead atoms. The Bertz CT molecular complexity index is 124. The van der Waals surface area contributed by atoms with Crippen LogP contribution in [0, 0.1) is 10.1 Å². The first-order valence-corrected chi connectivity index (χ1v) is 2.01. The van der Waals surface area contributed by atoms with E-state index in [0.717, 1.165) is 0 Å². The van der Waals surface area contributed by atoms with Crippen LogP contribution in [0.4, 0.5) is 0 Å². The fraction of sp³-hybridized carbons (Fsp3) is 0.333. The summed E-state index contributed by atoms with van der Waals surface area (Å²) in [5, 5.41) is 12.1. The summed E-state index contributed by atoms with van der Waals surface area (Å²) >= 11 is 0. The fourth-order valence-corrected chi connectivity index (χ4v) is 0.385. The minimum atomic E-state index is -1.07. The minimum Gasteiger partial charge on any atom is -0.420 e. The lowest BCUT2D eigenvalue weighted by Gasteiger charge is -1.98. The summed E-state index contributed by atoms with van der Waals surface area (Å²) in [4.78, 5) is 9.22. The zero-order chi connectivity index (χ0) is 5.98. The largest absolute Gasteiger partial charge is 0.437 e. The second-order valence-electron chi connectivity index (χ2n) is 1.24. The SMILES string of the molecule is O=[N+]([O-])C1NC=CO1. The Labute approximate surface area is 45.1 Å². The van der Waals surface area contributed by atoms with Gasteiger partial charge in [-0.1, -0.05) is 0 Å². The molecule has 1 atom stereocenters. The normalized spacial score (nSPS) is 24.2. The molecule has 8 heavy (non-hydrogen) atoms. The average molecular weight is 116 g/mol. The number of hydrogen-bond acceptors (Lipinski definition) is 4. The third kappa shape index (κ3) is 0.699. The molecule has 0 aromatic rings. The Hall–Kier alpha value is -1.26. The summed E-state index contributed by atoms with van der Waals surface area (Å²) in [6.07, 6.45) is 1.55. The monoisotopic (exact) mass is 116 g/mol. The van der Waals surface area contributed by atoms with Crippen LogP contribution in [0.3, 0.4) is 0 Å². The summed E-state index contributed by atoms with van der Waals surface area (Å²) < 4.78 is 4.42. The molecule has 0 saturated carbocycles. The van der Waals surface area contributed by atoms with Gasteiger partial charge in [-0.3, -0.25) is 15.4 Å². The molecular formula is C3H4N2O3. The van der Waals surface area contributed by atoms with E-state index in [1.165, 1.54) is 12.5 Å². The molecule has 0 fully saturated rings. The first kappa shape index (κ1) is 4.89. The molecule has 0 aliphatic carbocycles. The summed E-state index contributed by atoms with van der Waals surface area (Å²) in [5.41, 5.74) is 0. The van der Waals surface area contributed by atoms with Crippen LogP contribution in [0.2, 0.25) is 0 Å². The highest BCUT2D eigenvalue weighted by Gasteiger charge is 2.20. The summed E-state index contributed by atoms with van der Waals surface area (Å²) in [6.45, 7) is 0. The molecule has 1 N–H and O–H groups in total. The second kappa shape index (κ2) is 1.69. The van der Waals surface area contributed by atoms with E-state index in [1.54, 1.807) is 0 Å². The van der Waals surface area contributed by atoms with Crippen LogP contribution < -0.4 is 5.32 Å². The smallest absolute Gasteiger partial charge is 0.420 e. The fourth-order valence-electron chi connectivity index (χ4n) is 0.385. The van der Waals surface area contributed by atoms with Gasteiger partial charge in [0.05, 0.1) is 4.92 Å². The number of hydrogen-bond donors (Lipinski definition) is 1. The Morgan fingerprint density at radius 3 is 2.88 bits per heavy atom. The minimum absolute atomic E-state index is 0.556. The van der Waals surface area contributed by atoms with Crippen molar-refractivity contribution in [2.75, 3.05) is 0 Å². The predicted octanol–water partition coefficient (Wildman–Crippen LogP) is -0.362. The highest BCUT2D eigenvalue weighted by Crippen LogP contribution is 1.95. The van der Waals surface area contributed by atoms with Gasteiger partial charge in [-0.25, -0.2) is 0 Å². The van der Waals surface area contributed by atoms with E-state index < -0.39 is 11.3 Å². The third-order valence-electron chi connectivity index (χ3n) is 0.706. The maximum atomic E-state index is 9.78. The molecule has 1 aliphatic heterocycles. The van der Waals surface area contributed by atoms with Gasteiger partial charge in [0.1, 0.15) is 6.26 Å². The predicted molar refractivity (Wildman–Crippen MR) is 24.1 cm³/mol. The van der Waals surface area contributed by atoms with E-state index in [9.17, 15) is 10.1 Å². The molecule has 5 nitrogen and oxygen atoms in total. The first-order valence-electron chi connectivity index (χ1n) is 2.01. The van der Waals surface area contributed by atoms with Gasteiger partial charge in [-0.05, 0) is 0 Å². The number of nitrogens with zero attached hydrogens (tertiary/aromatic N) is 1. The van der Waals surface area contributed by atoms with Gasteiger partial charge in [0.2, 0.25) is 0 Å². The van der Waals surface area contributed by atoms with E-state index in [1.807, 2.05) is 0 Å². The van der Waals surface area contributed by atoms with Crippen molar-refractivity contribution in [1.82, 2.24) is 5.32 Å². The molecule has 5 heteroatoms. The molecule has 1 rings (SSSR count). The van der Waals surface area contributed by atoms with Crippen LogP contribution >= 0.6 is 0 Å². The summed E-state index contributed by atoms with van der Waals surface area (Å²) in [6, 6.07) is 0. The Balaban J connectivity index is 2.41. The molecule has 0 spiro atoms.